The van der Waals surface area contributed by atoms with E-state index in [1.807, 2.05) is 0 Å². The van der Waals surface area contributed by atoms with Gasteiger partial charge in [-0.05, 0) is 18.9 Å². The summed E-state index contributed by atoms with van der Waals surface area (Å²) in [5.41, 5.74) is 0. The largest absolute Gasteiger partial charge is 0.375 e. The highest BCUT2D eigenvalue weighted by atomic mass is 16.3. The molecule has 1 atom stereocenters. The third-order valence-corrected chi connectivity index (χ3v) is 2.23. The van der Waals surface area contributed by atoms with Crippen molar-refractivity contribution in [1.82, 2.24) is 4.90 Å². The predicted octanol–water partition coefficient (Wildman–Crippen LogP) is 1.37. The summed E-state index contributed by atoms with van der Waals surface area (Å²) in [6.07, 6.45) is 6.22. The van der Waals surface area contributed by atoms with Crippen LogP contribution in [0.5, 0.6) is 0 Å². The minimum atomic E-state index is -0.423. The van der Waals surface area contributed by atoms with Gasteiger partial charge < -0.3 is 5.11 Å². The zero-order valence-electron chi connectivity index (χ0n) is 7.00. The van der Waals surface area contributed by atoms with Crippen molar-refractivity contribution in [2.75, 3.05) is 13.1 Å². The molecule has 0 aromatic carbocycles. The second kappa shape index (κ2) is 4.52. The van der Waals surface area contributed by atoms with E-state index in [9.17, 15) is 5.11 Å². The molecule has 0 radical (unpaired) electrons. The Balaban J connectivity index is 2.35. The van der Waals surface area contributed by atoms with Crippen LogP contribution in [0.2, 0.25) is 0 Å². The molecule has 0 bridgehead atoms. The van der Waals surface area contributed by atoms with E-state index in [4.69, 9.17) is 0 Å². The highest BCUT2D eigenvalue weighted by Gasteiger charge is 2.13. The second-order valence-electron chi connectivity index (χ2n) is 3.10. The molecule has 1 aliphatic heterocycles. The van der Waals surface area contributed by atoms with Crippen molar-refractivity contribution in [3.63, 3.8) is 0 Å². The van der Waals surface area contributed by atoms with Gasteiger partial charge in [0.15, 0.2) is 0 Å². The van der Waals surface area contributed by atoms with Gasteiger partial charge in [-0.3, -0.25) is 4.90 Å². The molecule has 11 heavy (non-hydrogen) atoms. The molecule has 1 aliphatic rings. The van der Waals surface area contributed by atoms with Crippen molar-refractivity contribution >= 4 is 0 Å². The number of hydrogen-bond acceptors (Lipinski definition) is 2. The van der Waals surface area contributed by atoms with Gasteiger partial charge in [-0.15, -0.1) is 0 Å². The molecule has 1 heterocycles. The summed E-state index contributed by atoms with van der Waals surface area (Å²) in [5, 5.41) is 9.42. The Bertz CT molecular complexity index is 117. The molecule has 0 aliphatic carbocycles. The summed E-state index contributed by atoms with van der Waals surface area (Å²) in [6.45, 7) is 5.62. The summed E-state index contributed by atoms with van der Waals surface area (Å²) < 4.78 is 0. The average molecular weight is 155 g/mol. The predicted molar refractivity (Wildman–Crippen MR) is 46.2 cm³/mol. The van der Waals surface area contributed by atoms with Crippen molar-refractivity contribution in [2.45, 2.75) is 31.9 Å². The van der Waals surface area contributed by atoms with Crippen LogP contribution < -0.4 is 0 Å². The lowest BCUT2D eigenvalue weighted by Crippen LogP contribution is -2.34. The van der Waals surface area contributed by atoms with E-state index in [0.717, 1.165) is 13.1 Å². The smallest absolute Gasteiger partial charge is 0.126 e. The Morgan fingerprint density at radius 1 is 1.18 bits per heavy atom. The summed E-state index contributed by atoms with van der Waals surface area (Å²) >= 11 is 0. The van der Waals surface area contributed by atoms with Crippen LogP contribution in [0.3, 0.4) is 0 Å². The SMILES string of the molecule is C=CC(O)N1CCCCCC1. The summed E-state index contributed by atoms with van der Waals surface area (Å²) in [7, 11) is 0. The zero-order valence-corrected chi connectivity index (χ0v) is 7.00. The highest BCUT2D eigenvalue weighted by molar-refractivity contribution is 4.79. The Hall–Kier alpha value is -0.340. The van der Waals surface area contributed by atoms with Crippen LogP contribution in [0.15, 0.2) is 12.7 Å². The Morgan fingerprint density at radius 2 is 1.73 bits per heavy atom. The van der Waals surface area contributed by atoms with Crippen LogP contribution in [-0.4, -0.2) is 29.3 Å². The van der Waals surface area contributed by atoms with E-state index in [2.05, 4.69) is 11.5 Å². The van der Waals surface area contributed by atoms with E-state index < -0.39 is 6.23 Å². The van der Waals surface area contributed by atoms with Gasteiger partial charge >= 0.3 is 0 Å². The fraction of sp³-hybridized carbons (Fsp3) is 0.778. The first-order valence-electron chi connectivity index (χ1n) is 4.39. The first-order valence-corrected chi connectivity index (χ1v) is 4.39. The summed E-state index contributed by atoms with van der Waals surface area (Å²) in [6, 6.07) is 0. The maximum Gasteiger partial charge on any atom is 0.126 e. The fourth-order valence-electron chi connectivity index (χ4n) is 1.51. The lowest BCUT2D eigenvalue weighted by atomic mass is 10.2. The van der Waals surface area contributed by atoms with Gasteiger partial charge in [0, 0.05) is 13.1 Å². The van der Waals surface area contributed by atoms with Crippen molar-refractivity contribution in [3.05, 3.63) is 12.7 Å². The van der Waals surface area contributed by atoms with Crippen molar-refractivity contribution in [2.24, 2.45) is 0 Å². The monoisotopic (exact) mass is 155 g/mol. The highest BCUT2D eigenvalue weighted by Crippen LogP contribution is 2.11. The molecule has 1 saturated heterocycles. The minimum absolute atomic E-state index is 0.423. The molecule has 0 aromatic rings. The van der Waals surface area contributed by atoms with Gasteiger partial charge in [-0.2, -0.15) is 0 Å². The van der Waals surface area contributed by atoms with Crippen molar-refractivity contribution in [1.29, 1.82) is 0 Å². The normalized spacial score (nSPS) is 24.1. The molecule has 0 saturated carbocycles. The van der Waals surface area contributed by atoms with Gasteiger partial charge in [-0.25, -0.2) is 0 Å². The van der Waals surface area contributed by atoms with E-state index in [1.54, 1.807) is 6.08 Å². The number of hydrogen-bond donors (Lipinski definition) is 1. The molecule has 0 aromatic heterocycles. The fourth-order valence-corrected chi connectivity index (χ4v) is 1.51. The molecule has 1 rings (SSSR count). The van der Waals surface area contributed by atoms with E-state index in [0.29, 0.717) is 0 Å². The van der Waals surface area contributed by atoms with Crippen molar-refractivity contribution < 1.29 is 5.11 Å². The third-order valence-electron chi connectivity index (χ3n) is 2.23. The Labute approximate surface area is 68.5 Å². The van der Waals surface area contributed by atoms with E-state index in [-0.39, 0.29) is 0 Å². The molecule has 2 nitrogen and oxygen atoms in total. The number of rotatable bonds is 2. The third kappa shape index (κ3) is 2.64. The van der Waals surface area contributed by atoms with Crippen LogP contribution in [0.1, 0.15) is 25.7 Å². The topological polar surface area (TPSA) is 23.5 Å². The van der Waals surface area contributed by atoms with Crippen LogP contribution in [-0.2, 0) is 0 Å². The lowest BCUT2D eigenvalue weighted by molar-refractivity contribution is 0.0448. The van der Waals surface area contributed by atoms with Crippen LogP contribution >= 0.6 is 0 Å². The maximum absolute atomic E-state index is 9.42. The number of aliphatic hydroxyl groups is 1. The standard InChI is InChI=1S/C9H17NO/c1-2-9(11)10-7-5-3-4-6-8-10/h2,9,11H,1,3-8H2. The maximum atomic E-state index is 9.42. The van der Waals surface area contributed by atoms with E-state index in [1.165, 1.54) is 25.7 Å². The molecule has 1 unspecified atom stereocenters. The summed E-state index contributed by atoms with van der Waals surface area (Å²) in [4.78, 5) is 2.08. The van der Waals surface area contributed by atoms with Gasteiger partial charge in [0.1, 0.15) is 6.23 Å². The van der Waals surface area contributed by atoms with Crippen LogP contribution in [0.4, 0.5) is 0 Å². The Morgan fingerprint density at radius 3 is 2.18 bits per heavy atom. The minimum Gasteiger partial charge on any atom is -0.375 e. The van der Waals surface area contributed by atoms with E-state index >= 15 is 0 Å². The van der Waals surface area contributed by atoms with Gasteiger partial charge in [0.25, 0.3) is 0 Å². The quantitative estimate of drug-likeness (QED) is 0.609. The second-order valence-corrected chi connectivity index (χ2v) is 3.10. The number of likely N-dealkylation sites (tertiary alicyclic amines) is 1. The first-order chi connectivity index (χ1) is 5.34. The molecular weight excluding hydrogens is 138 g/mol. The van der Waals surface area contributed by atoms with Gasteiger partial charge in [0.05, 0.1) is 0 Å². The number of nitrogens with zero attached hydrogens (tertiary/aromatic N) is 1. The number of aliphatic hydroxyl groups excluding tert-OH is 1. The van der Waals surface area contributed by atoms with Crippen LogP contribution in [0.25, 0.3) is 0 Å². The molecule has 0 spiro atoms. The van der Waals surface area contributed by atoms with Gasteiger partial charge in [0.2, 0.25) is 0 Å². The molecule has 1 N–H and O–H groups in total. The molecular formula is C9H17NO. The average Bonchev–Trinajstić information content (AvgIpc) is 2.30. The van der Waals surface area contributed by atoms with Gasteiger partial charge in [-0.1, -0.05) is 19.4 Å². The molecule has 0 amide bonds. The lowest BCUT2D eigenvalue weighted by Gasteiger charge is -2.23. The van der Waals surface area contributed by atoms with Crippen molar-refractivity contribution in [3.8, 4) is 0 Å². The molecule has 1 fully saturated rings. The summed E-state index contributed by atoms with van der Waals surface area (Å²) in [5.74, 6) is 0. The molecule has 64 valence electrons. The Kier molecular flexibility index (Phi) is 3.60. The van der Waals surface area contributed by atoms with Crippen LogP contribution in [0, 0.1) is 0 Å². The first kappa shape index (κ1) is 8.75. The zero-order chi connectivity index (χ0) is 8.10. The molecule has 2 heteroatoms.